The van der Waals surface area contributed by atoms with Crippen molar-refractivity contribution in [3.05, 3.63) is 65.4 Å². The van der Waals surface area contributed by atoms with Crippen LogP contribution in [0.15, 0.2) is 57.8 Å². The number of rotatable bonds is 5. The Balaban J connectivity index is 1.62. The van der Waals surface area contributed by atoms with Gasteiger partial charge >= 0.3 is 0 Å². The highest BCUT2D eigenvalue weighted by Crippen LogP contribution is 2.30. The van der Waals surface area contributed by atoms with Crippen LogP contribution >= 0.6 is 0 Å². The van der Waals surface area contributed by atoms with Gasteiger partial charge in [-0.1, -0.05) is 43.2 Å². The van der Waals surface area contributed by atoms with Crippen molar-refractivity contribution in [2.75, 3.05) is 20.1 Å². The third-order valence-corrected chi connectivity index (χ3v) is 7.81. The average Bonchev–Trinajstić information content (AvgIpc) is 2.94. The third kappa shape index (κ3) is 4.38. The molecule has 1 saturated heterocycles. The molecule has 1 aliphatic heterocycles. The van der Waals surface area contributed by atoms with E-state index in [-0.39, 0.29) is 16.6 Å². The summed E-state index contributed by atoms with van der Waals surface area (Å²) in [7, 11) is -1.83. The van der Waals surface area contributed by atoms with Gasteiger partial charge < -0.3 is 9.32 Å². The molecule has 0 aliphatic carbocycles. The molecule has 3 aromatic rings. The number of carbonyl (C=O) groups is 1. The van der Waals surface area contributed by atoms with Crippen LogP contribution in [0.25, 0.3) is 11.0 Å². The fourth-order valence-corrected chi connectivity index (χ4v) is 5.64. The van der Waals surface area contributed by atoms with Gasteiger partial charge in [0.1, 0.15) is 5.58 Å². The second-order valence-electron chi connectivity index (χ2n) is 8.18. The third-order valence-electron chi connectivity index (χ3n) is 5.91. The Hall–Kier alpha value is -2.64. The van der Waals surface area contributed by atoms with E-state index in [0.29, 0.717) is 36.2 Å². The van der Waals surface area contributed by atoms with E-state index in [4.69, 9.17) is 4.42 Å². The fraction of sp³-hybridized carbons (Fsp3) is 0.375. The first-order valence-corrected chi connectivity index (χ1v) is 12.1. The number of aryl methyl sites for hydroxylation is 1. The van der Waals surface area contributed by atoms with Crippen molar-refractivity contribution in [1.82, 2.24) is 9.21 Å². The Bertz CT molecular complexity index is 1180. The quantitative estimate of drug-likeness (QED) is 0.582. The number of sulfonamides is 1. The van der Waals surface area contributed by atoms with Crippen LogP contribution in [-0.4, -0.2) is 43.7 Å². The lowest BCUT2D eigenvalue weighted by Crippen LogP contribution is -2.31. The number of amides is 1. The molecule has 6 nitrogen and oxygen atoms in total. The SMILES string of the molecule is Cc1c(C(=O)N(C)Cc2ccccc2)oc2ccc(S(=O)(=O)N3CCCCCC3)cc12. The predicted octanol–water partition coefficient (Wildman–Crippen LogP) is 4.58. The molecule has 0 atom stereocenters. The molecule has 2 aromatic carbocycles. The molecule has 2 heterocycles. The molecule has 0 radical (unpaired) electrons. The number of fused-ring (bicyclic) bond motifs is 1. The first-order chi connectivity index (χ1) is 14.9. The van der Waals surface area contributed by atoms with Gasteiger partial charge in [0.2, 0.25) is 10.0 Å². The summed E-state index contributed by atoms with van der Waals surface area (Å²) in [5, 5.41) is 0.660. The Kier molecular flexibility index (Phi) is 6.16. The van der Waals surface area contributed by atoms with Crippen molar-refractivity contribution < 1.29 is 17.6 Å². The summed E-state index contributed by atoms with van der Waals surface area (Å²) < 4.78 is 33.8. The van der Waals surface area contributed by atoms with Gasteiger partial charge in [0.25, 0.3) is 5.91 Å². The van der Waals surface area contributed by atoms with Crippen LogP contribution in [0, 0.1) is 6.92 Å². The largest absolute Gasteiger partial charge is 0.451 e. The number of hydrogen-bond donors (Lipinski definition) is 0. The topological polar surface area (TPSA) is 70.8 Å². The molecule has 0 spiro atoms. The van der Waals surface area contributed by atoms with Crippen LogP contribution in [0.3, 0.4) is 0 Å². The zero-order valence-corrected chi connectivity index (χ0v) is 18.8. The molecule has 1 aliphatic rings. The molecule has 1 amide bonds. The lowest BCUT2D eigenvalue weighted by Gasteiger charge is -2.19. The molecule has 31 heavy (non-hydrogen) atoms. The summed E-state index contributed by atoms with van der Waals surface area (Å²) in [5.74, 6) is 0.0206. The lowest BCUT2D eigenvalue weighted by molar-refractivity contribution is 0.0755. The minimum Gasteiger partial charge on any atom is -0.451 e. The second-order valence-corrected chi connectivity index (χ2v) is 10.1. The zero-order valence-electron chi connectivity index (χ0n) is 18.0. The number of furan rings is 1. The summed E-state index contributed by atoms with van der Waals surface area (Å²) in [6.45, 7) is 3.38. The van der Waals surface area contributed by atoms with Crippen molar-refractivity contribution in [2.24, 2.45) is 0 Å². The van der Waals surface area contributed by atoms with Crippen molar-refractivity contribution in [2.45, 2.75) is 44.0 Å². The van der Waals surface area contributed by atoms with Crippen LogP contribution in [0.4, 0.5) is 0 Å². The van der Waals surface area contributed by atoms with E-state index >= 15 is 0 Å². The summed E-state index contributed by atoms with van der Waals surface area (Å²) in [6.07, 6.45) is 3.90. The molecule has 0 N–H and O–H groups in total. The first kappa shape index (κ1) is 21.6. The van der Waals surface area contributed by atoms with Gasteiger partial charge in [-0.05, 0) is 43.5 Å². The first-order valence-electron chi connectivity index (χ1n) is 10.7. The average molecular weight is 441 g/mol. The molecular weight excluding hydrogens is 412 g/mol. The monoisotopic (exact) mass is 440 g/mol. The second kappa shape index (κ2) is 8.85. The number of nitrogens with zero attached hydrogens (tertiary/aromatic N) is 2. The normalized spacial score (nSPS) is 15.7. The molecular formula is C24H28N2O4S. The Morgan fingerprint density at radius 1 is 1.03 bits per heavy atom. The predicted molar refractivity (Wildman–Crippen MR) is 120 cm³/mol. The van der Waals surface area contributed by atoms with Gasteiger partial charge in [-0.25, -0.2) is 8.42 Å². The van der Waals surface area contributed by atoms with E-state index in [1.807, 2.05) is 30.3 Å². The number of benzene rings is 2. The number of hydrogen-bond acceptors (Lipinski definition) is 4. The zero-order chi connectivity index (χ0) is 22.0. The van der Waals surface area contributed by atoms with Gasteiger partial charge in [0.15, 0.2) is 5.76 Å². The minimum absolute atomic E-state index is 0.227. The standard InChI is InChI=1S/C24H28N2O4S/c1-18-21-16-20(31(28,29)26-14-8-3-4-9-15-26)12-13-22(21)30-23(18)24(27)25(2)17-19-10-6-5-7-11-19/h5-7,10-13,16H,3-4,8-9,14-15,17H2,1-2H3. The Morgan fingerprint density at radius 2 is 1.71 bits per heavy atom. The number of carbonyl (C=O) groups excluding carboxylic acids is 1. The van der Waals surface area contributed by atoms with Crippen molar-refractivity contribution in [3.63, 3.8) is 0 Å². The van der Waals surface area contributed by atoms with Crippen LogP contribution in [0.2, 0.25) is 0 Å². The maximum Gasteiger partial charge on any atom is 0.289 e. The maximum absolute atomic E-state index is 13.2. The van der Waals surface area contributed by atoms with Gasteiger partial charge in [0.05, 0.1) is 4.90 Å². The molecule has 0 saturated carbocycles. The molecule has 0 bridgehead atoms. The highest BCUT2D eigenvalue weighted by atomic mass is 32.2. The van der Waals surface area contributed by atoms with E-state index in [1.165, 1.54) is 0 Å². The van der Waals surface area contributed by atoms with Gasteiger partial charge in [-0.3, -0.25) is 4.79 Å². The summed E-state index contributed by atoms with van der Waals surface area (Å²) in [5.41, 5.74) is 2.20. The summed E-state index contributed by atoms with van der Waals surface area (Å²) in [6, 6.07) is 14.6. The Labute approximate surface area is 183 Å². The minimum atomic E-state index is -3.57. The summed E-state index contributed by atoms with van der Waals surface area (Å²) >= 11 is 0. The van der Waals surface area contributed by atoms with E-state index in [9.17, 15) is 13.2 Å². The van der Waals surface area contributed by atoms with Crippen LogP contribution in [0.5, 0.6) is 0 Å². The van der Waals surface area contributed by atoms with Gasteiger partial charge in [0, 0.05) is 37.6 Å². The molecule has 1 fully saturated rings. The fourth-order valence-electron chi connectivity index (χ4n) is 4.10. The highest BCUT2D eigenvalue weighted by molar-refractivity contribution is 7.89. The van der Waals surface area contributed by atoms with Crippen molar-refractivity contribution in [1.29, 1.82) is 0 Å². The van der Waals surface area contributed by atoms with Crippen LogP contribution < -0.4 is 0 Å². The molecule has 164 valence electrons. The molecule has 0 unspecified atom stereocenters. The van der Waals surface area contributed by atoms with Crippen LogP contribution in [-0.2, 0) is 16.6 Å². The van der Waals surface area contributed by atoms with E-state index in [0.717, 1.165) is 31.2 Å². The van der Waals surface area contributed by atoms with E-state index in [2.05, 4.69) is 0 Å². The molecule has 4 rings (SSSR count). The smallest absolute Gasteiger partial charge is 0.289 e. The molecule has 1 aromatic heterocycles. The van der Waals surface area contributed by atoms with E-state index in [1.54, 1.807) is 41.4 Å². The highest BCUT2D eigenvalue weighted by Gasteiger charge is 2.27. The van der Waals surface area contributed by atoms with Crippen LogP contribution in [0.1, 0.15) is 47.4 Å². The lowest BCUT2D eigenvalue weighted by atomic mass is 10.1. The molecule has 7 heteroatoms. The maximum atomic E-state index is 13.2. The van der Waals surface area contributed by atoms with Gasteiger partial charge in [-0.15, -0.1) is 0 Å². The Morgan fingerprint density at radius 3 is 2.39 bits per heavy atom. The van der Waals surface area contributed by atoms with Crippen molar-refractivity contribution in [3.8, 4) is 0 Å². The van der Waals surface area contributed by atoms with Crippen molar-refractivity contribution >= 4 is 26.9 Å². The summed E-state index contributed by atoms with van der Waals surface area (Å²) in [4.78, 5) is 14.9. The van der Waals surface area contributed by atoms with Gasteiger partial charge in [-0.2, -0.15) is 4.31 Å². The van der Waals surface area contributed by atoms with E-state index < -0.39 is 10.0 Å².